The maximum atomic E-state index is 8.38. The van der Waals surface area contributed by atoms with Crippen molar-refractivity contribution in [1.29, 1.82) is 0 Å². The van der Waals surface area contributed by atoms with E-state index in [2.05, 4.69) is 13.0 Å². The Morgan fingerprint density at radius 1 is 1.62 bits per heavy atom. The Morgan fingerprint density at radius 3 is 2.62 bits per heavy atom. The van der Waals surface area contributed by atoms with Gasteiger partial charge in [-0.1, -0.05) is 11.6 Å². The molecule has 0 aromatic carbocycles. The number of allylic oxidation sites excluding steroid dienone is 2. The Labute approximate surface area is 51.0 Å². The van der Waals surface area contributed by atoms with E-state index in [1.165, 1.54) is 5.57 Å². The zero-order valence-electron chi connectivity index (χ0n) is 5.65. The molecule has 0 amide bonds. The van der Waals surface area contributed by atoms with Gasteiger partial charge in [0, 0.05) is 6.61 Å². The van der Waals surface area contributed by atoms with Gasteiger partial charge in [-0.25, -0.2) is 0 Å². The van der Waals surface area contributed by atoms with E-state index in [-0.39, 0.29) is 0 Å². The zero-order chi connectivity index (χ0) is 6.41. The first-order valence-corrected chi connectivity index (χ1v) is 3.04. The lowest BCUT2D eigenvalue weighted by atomic mass is 10.2. The van der Waals surface area contributed by atoms with E-state index in [9.17, 15) is 0 Å². The van der Waals surface area contributed by atoms with E-state index < -0.39 is 0 Å². The highest BCUT2D eigenvalue weighted by Crippen LogP contribution is 2.00. The molecule has 1 N–H and O–H groups in total. The molecule has 0 aromatic rings. The molecule has 0 radical (unpaired) electrons. The van der Waals surface area contributed by atoms with Crippen LogP contribution in [0.2, 0.25) is 0 Å². The van der Waals surface area contributed by atoms with Crippen molar-refractivity contribution in [2.45, 2.75) is 26.7 Å². The molecule has 1 nitrogen and oxygen atoms in total. The second kappa shape index (κ2) is 4.85. The molecule has 0 atom stereocenters. The third-order valence-corrected chi connectivity index (χ3v) is 1.22. The average Bonchev–Trinajstić information content (AvgIpc) is 1.83. The molecular formula is C7H14O. The molecule has 48 valence electrons. The van der Waals surface area contributed by atoms with Gasteiger partial charge in [0.05, 0.1) is 0 Å². The molecule has 0 aromatic heterocycles. The predicted molar refractivity (Wildman–Crippen MR) is 35.8 cm³/mol. The minimum absolute atomic E-state index is 0.311. The van der Waals surface area contributed by atoms with E-state index in [4.69, 9.17) is 5.11 Å². The minimum atomic E-state index is 0.311. The fourth-order valence-electron chi connectivity index (χ4n) is 0.502. The molecule has 0 unspecified atom stereocenters. The number of hydrogen-bond acceptors (Lipinski definition) is 1. The van der Waals surface area contributed by atoms with Crippen LogP contribution < -0.4 is 0 Å². The van der Waals surface area contributed by atoms with Crippen LogP contribution in [0.3, 0.4) is 0 Å². The van der Waals surface area contributed by atoms with Crippen molar-refractivity contribution < 1.29 is 5.11 Å². The Morgan fingerprint density at radius 2 is 2.25 bits per heavy atom. The van der Waals surface area contributed by atoms with Gasteiger partial charge in [0.1, 0.15) is 0 Å². The molecule has 1 heteroatoms. The molecule has 0 saturated carbocycles. The standard InChI is InChI=1S/C7H14O/c1-3-7(2)5-4-6-8/h3,8H,4-6H2,1-2H3/b7-3+. The summed E-state index contributed by atoms with van der Waals surface area (Å²) in [6, 6.07) is 0. The number of hydrogen-bond donors (Lipinski definition) is 1. The van der Waals surface area contributed by atoms with E-state index in [1.54, 1.807) is 0 Å². The first-order chi connectivity index (χ1) is 3.81. The molecule has 0 heterocycles. The van der Waals surface area contributed by atoms with E-state index in [0.717, 1.165) is 12.8 Å². The van der Waals surface area contributed by atoms with Crippen LogP contribution in [-0.2, 0) is 0 Å². The Hall–Kier alpha value is -0.300. The molecule has 0 bridgehead atoms. The van der Waals surface area contributed by atoms with Crippen molar-refractivity contribution in [3.8, 4) is 0 Å². The molecule has 0 spiro atoms. The summed E-state index contributed by atoms with van der Waals surface area (Å²) in [6.45, 7) is 4.41. The topological polar surface area (TPSA) is 20.2 Å². The van der Waals surface area contributed by atoms with Crippen LogP contribution in [-0.4, -0.2) is 11.7 Å². The molecule has 0 saturated heterocycles. The lowest BCUT2D eigenvalue weighted by Crippen LogP contribution is -1.82. The maximum absolute atomic E-state index is 8.38. The van der Waals surface area contributed by atoms with Gasteiger partial charge in [-0.3, -0.25) is 0 Å². The monoisotopic (exact) mass is 114 g/mol. The third kappa shape index (κ3) is 3.88. The second-order valence-electron chi connectivity index (χ2n) is 1.96. The molecule has 0 aliphatic rings. The minimum Gasteiger partial charge on any atom is -0.396 e. The van der Waals surface area contributed by atoms with Gasteiger partial charge < -0.3 is 5.11 Å². The summed E-state index contributed by atoms with van der Waals surface area (Å²) in [7, 11) is 0. The van der Waals surface area contributed by atoms with Crippen LogP contribution in [0.5, 0.6) is 0 Å². The summed E-state index contributed by atoms with van der Waals surface area (Å²) in [5.41, 5.74) is 1.36. The summed E-state index contributed by atoms with van der Waals surface area (Å²) in [6.07, 6.45) is 4.01. The van der Waals surface area contributed by atoms with E-state index in [0.29, 0.717) is 6.61 Å². The van der Waals surface area contributed by atoms with Gasteiger partial charge >= 0.3 is 0 Å². The van der Waals surface area contributed by atoms with E-state index in [1.807, 2.05) is 6.92 Å². The fourth-order valence-corrected chi connectivity index (χ4v) is 0.502. The van der Waals surface area contributed by atoms with Crippen molar-refractivity contribution in [2.24, 2.45) is 0 Å². The van der Waals surface area contributed by atoms with Gasteiger partial charge in [-0.2, -0.15) is 0 Å². The van der Waals surface area contributed by atoms with Gasteiger partial charge in [0.2, 0.25) is 0 Å². The molecule has 0 aliphatic carbocycles. The van der Waals surface area contributed by atoms with Crippen molar-refractivity contribution in [3.63, 3.8) is 0 Å². The van der Waals surface area contributed by atoms with Crippen LogP contribution in [0, 0.1) is 0 Å². The normalized spacial score (nSPS) is 12.1. The van der Waals surface area contributed by atoms with E-state index >= 15 is 0 Å². The summed E-state index contributed by atoms with van der Waals surface area (Å²) in [5, 5.41) is 8.38. The maximum Gasteiger partial charge on any atom is 0.0434 e. The van der Waals surface area contributed by atoms with Crippen LogP contribution >= 0.6 is 0 Å². The Kier molecular flexibility index (Phi) is 4.67. The SMILES string of the molecule is C/C=C(\C)CCCO. The highest BCUT2D eigenvalue weighted by Gasteiger charge is 1.84. The number of rotatable bonds is 3. The van der Waals surface area contributed by atoms with Crippen molar-refractivity contribution in [2.75, 3.05) is 6.61 Å². The first kappa shape index (κ1) is 7.70. The third-order valence-electron chi connectivity index (χ3n) is 1.22. The first-order valence-electron chi connectivity index (χ1n) is 3.04. The molecule has 0 fully saturated rings. The van der Waals surface area contributed by atoms with Crippen molar-refractivity contribution in [1.82, 2.24) is 0 Å². The largest absolute Gasteiger partial charge is 0.396 e. The van der Waals surface area contributed by atoms with Crippen LogP contribution in [0.4, 0.5) is 0 Å². The fraction of sp³-hybridized carbons (Fsp3) is 0.714. The summed E-state index contributed by atoms with van der Waals surface area (Å²) in [4.78, 5) is 0. The second-order valence-corrected chi connectivity index (χ2v) is 1.96. The number of aliphatic hydroxyl groups excluding tert-OH is 1. The predicted octanol–water partition coefficient (Wildman–Crippen LogP) is 1.73. The lowest BCUT2D eigenvalue weighted by Gasteiger charge is -1.94. The molecule has 0 rings (SSSR count). The highest BCUT2D eigenvalue weighted by atomic mass is 16.2. The quantitative estimate of drug-likeness (QED) is 0.554. The lowest BCUT2D eigenvalue weighted by molar-refractivity contribution is 0.288. The van der Waals surface area contributed by atoms with Gasteiger partial charge in [-0.15, -0.1) is 0 Å². The Bertz CT molecular complexity index is 74.5. The molecule has 8 heavy (non-hydrogen) atoms. The Balaban J connectivity index is 3.12. The summed E-state index contributed by atoms with van der Waals surface area (Å²) < 4.78 is 0. The number of aliphatic hydroxyl groups is 1. The van der Waals surface area contributed by atoms with Crippen LogP contribution in [0.25, 0.3) is 0 Å². The van der Waals surface area contributed by atoms with Crippen LogP contribution in [0.1, 0.15) is 26.7 Å². The van der Waals surface area contributed by atoms with Crippen molar-refractivity contribution >= 4 is 0 Å². The average molecular weight is 114 g/mol. The van der Waals surface area contributed by atoms with Crippen molar-refractivity contribution in [3.05, 3.63) is 11.6 Å². The van der Waals surface area contributed by atoms with Gasteiger partial charge in [-0.05, 0) is 26.7 Å². The molecule has 0 aliphatic heterocycles. The van der Waals surface area contributed by atoms with Gasteiger partial charge in [0.25, 0.3) is 0 Å². The molecular weight excluding hydrogens is 100 g/mol. The van der Waals surface area contributed by atoms with Crippen LogP contribution in [0.15, 0.2) is 11.6 Å². The zero-order valence-corrected chi connectivity index (χ0v) is 5.65. The summed E-state index contributed by atoms with van der Waals surface area (Å²) >= 11 is 0. The summed E-state index contributed by atoms with van der Waals surface area (Å²) in [5.74, 6) is 0. The van der Waals surface area contributed by atoms with Gasteiger partial charge in [0.15, 0.2) is 0 Å². The smallest absolute Gasteiger partial charge is 0.0434 e. The highest BCUT2D eigenvalue weighted by molar-refractivity contribution is 4.94.